The summed E-state index contributed by atoms with van der Waals surface area (Å²) in [4.78, 5) is 20.5. The van der Waals surface area contributed by atoms with Crippen molar-refractivity contribution in [3.05, 3.63) is 48.2 Å². The van der Waals surface area contributed by atoms with Crippen LogP contribution in [0.1, 0.15) is 37.7 Å². The van der Waals surface area contributed by atoms with Gasteiger partial charge >= 0.3 is 5.97 Å². The molecule has 0 spiro atoms. The normalized spacial score (nSPS) is 13.4. The lowest BCUT2D eigenvalue weighted by atomic mass is 9.82. The third-order valence-corrected chi connectivity index (χ3v) is 4.60. The number of nitrogens with one attached hydrogen (secondary N) is 1. The molecule has 0 radical (unpaired) electrons. The van der Waals surface area contributed by atoms with E-state index in [4.69, 9.17) is 5.73 Å². The summed E-state index contributed by atoms with van der Waals surface area (Å²) >= 11 is 0. The van der Waals surface area contributed by atoms with E-state index in [9.17, 15) is 9.90 Å². The van der Waals surface area contributed by atoms with Gasteiger partial charge in [-0.15, -0.1) is 10.2 Å². The molecule has 0 aromatic carbocycles. The number of pyridine rings is 2. The summed E-state index contributed by atoms with van der Waals surface area (Å²) < 4.78 is 0. The third kappa shape index (κ3) is 4.67. The number of H-pyrrole nitrogens is 1. The summed E-state index contributed by atoms with van der Waals surface area (Å²) in [6, 6.07) is 7.43. The van der Waals surface area contributed by atoms with Crippen molar-refractivity contribution in [1.82, 2.24) is 30.6 Å². The second-order valence-electron chi connectivity index (χ2n) is 7.16. The fourth-order valence-corrected chi connectivity index (χ4v) is 3.20. The Hall–Kier alpha value is -3.36. The zero-order valence-electron chi connectivity index (χ0n) is 15.8. The minimum absolute atomic E-state index is 0.226. The van der Waals surface area contributed by atoms with Crippen LogP contribution in [0.25, 0.3) is 11.1 Å². The number of aliphatic carboxylic acids is 1. The maximum Gasteiger partial charge on any atom is 0.307 e. The van der Waals surface area contributed by atoms with Crippen LogP contribution in [0.4, 0.5) is 5.82 Å². The molecule has 0 amide bonds. The van der Waals surface area contributed by atoms with Gasteiger partial charge in [-0.25, -0.2) is 4.98 Å². The molecule has 0 fully saturated rings. The molecular weight excluding hydrogens is 358 g/mol. The summed E-state index contributed by atoms with van der Waals surface area (Å²) in [6.07, 6.45) is 4.36. The van der Waals surface area contributed by atoms with Crippen LogP contribution in [0.15, 0.2) is 36.7 Å². The summed E-state index contributed by atoms with van der Waals surface area (Å²) in [5.74, 6) is -0.838. The smallest absolute Gasteiger partial charge is 0.307 e. The molecule has 0 saturated heterocycles. The van der Waals surface area contributed by atoms with Crippen molar-refractivity contribution in [2.45, 2.75) is 32.6 Å². The van der Waals surface area contributed by atoms with E-state index in [-0.39, 0.29) is 5.92 Å². The molecule has 3 aromatic heterocycles. The Bertz CT molecular complexity index is 893. The second kappa shape index (κ2) is 8.55. The van der Waals surface area contributed by atoms with Gasteiger partial charge in [0, 0.05) is 41.6 Å². The van der Waals surface area contributed by atoms with Crippen LogP contribution in [-0.2, 0) is 11.2 Å². The van der Waals surface area contributed by atoms with Gasteiger partial charge < -0.3 is 10.8 Å². The minimum Gasteiger partial charge on any atom is -0.481 e. The van der Waals surface area contributed by atoms with Crippen molar-refractivity contribution in [3.63, 3.8) is 0 Å². The average molecular weight is 381 g/mol. The van der Waals surface area contributed by atoms with Gasteiger partial charge in [-0.05, 0) is 30.5 Å². The van der Waals surface area contributed by atoms with Gasteiger partial charge in [0.15, 0.2) is 5.82 Å². The van der Waals surface area contributed by atoms with E-state index in [1.165, 1.54) is 0 Å². The van der Waals surface area contributed by atoms with Gasteiger partial charge in [0.25, 0.3) is 0 Å². The predicted molar refractivity (Wildman–Crippen MR) is 103 cm³/mol. The zero-order chi connectivity index (χ0) is 20.1. The van der Waals surface area contributed by atoms with Crippen molar-refractivity contribution in [1.29, 1.82) is 0 Å². The van der Waals surface area contributed by atoms with Gasteiger partial charge in [0.05, 0.1) is 5.92 Å². The van der Waals surface area contributed by atoms with Gasteiger partial charge in [0.1, 0.15) is 5.82 Å². The van der Waals surface area contributed by atoms with Crippen molar-refractivity contribution < 1.29 is 9.90 Å². The maximum absolute atomic E-state index is 11.9. The monoisotopic (exact) mass is 381 g/mol. The topological polar surface area (TPSA) is 144 Å². The summed E-state index contributed by atoms with van der Waals surface area (Å²) in [7, 11) is 0. The van der Waals surface area contributed by atoms with E-state index < -0.39 is 17.8 Å². The van der Waals surface area contributed by atoms with E-state index >= 15 is 0 Å². The van der Waals surface area contributed by atoms with Crippen molar-refractivity contribution >= 4 is 11.8 Å². The second-order valence-corrected chi connectivity index (χ2v) is 7.16. The third-order valence-electron chi connectivity index (χ3n) is 4.60. The Balaban J connectivity index is 1.84. The number of nitrogens with two attached hydrogens (primary N) is 1. The number of carboxylic acids is 1. The molecule has 9 heteroatoms. The fourth-order valence-electron chi connectivity index (χ4n) is 3.20. The number of carbonyl (C=O) groups is 1. The Kier molecular flexibility index (Phi) is 5.93. The Morgan fingerprint density at radius 1 is 1.14 bits per heavy atom. The Labute approximate surface area is 162 Å². The number of rotatable bonds is 8. The molecule has 2 atom stereocenters. The lowest BCUT2D eigenvalue weighted by Gasteiger charge is -2.22. The van der Waals surface area contributed by atoms with E-state index in [0.29, 0.717) is 24.5 Å². The number of tetrazole rings is 1. The number of aromatic amines is 1. The van der Waals surface area contributed by atoms with E-state index in [0.717, 1.165) is 16.8 Å². The van der Waals surface area contributed by atoms with Gasteiger partial charge in [-0.2, -0.15) is 5.21 Å². The van der Waals surface area contributed by atoms with Crippen LogP contribution in [0.5, 0.6) is 0 Å². The Morgan fingerprint density at radius 3 is 2.36 bits per heavy atom. The van der Waals surface area contributed by atoms with Gasteiger partial charge in [-0.3, -0.25) is 9.78 Å². The highest BCUT2D eigenvalue weighted by Crippen LogP contribution is 2.31. The zero-order valence-corrected chi connectivity index (χ0v) is 15.8. The van der Waals surface area contributed by atoms with Crippen LogP contribution < -0.4 is 5.73 Å². The highest BCUT2D eigenvalue weighted by molar-refractivity contribution is 5.71. The highest BCUT2D eigenvalue weighted by atomic mass is 16.4. The molecule has 28 heavy (non-hydrogen) atoms. The number of hydrogen-bond donors (Lipinski definition) is 3. The number of carboxylic acid groups (broad SMARTS) is 1. The van der Waals surface area contributed by atoms with E-state index in [1.807, 2.05) is 32.0 Å². The van der Waals surface area contributed by atoms with Crippen LogP contribution >= 0.6 is 0 Å². The molecule has 0 unspecified atom stereocenters. The first-order valence-electron chi connectivity index (χ1n) is 9.07. The molecule has 0 saturated carbocycles. The number of anilines is 1. The summed E-state index contributed by atoms with van der Waals surface area (Å²) in [5.41, 5.74) is 8.20. The number of nitrogen functional groups attached to an aromatic ring is 1. The van der Waals surface area contributed by atoms with Gasteiger partial charge in [-0.1, -0.05) is 25.1 Å². The molecule has 0 aliphatic carbocycles. The number of nitrogens with zero attached hydrogens (tertiary/aromatic N) is 5. The van der Waals surface area contributed by atoms with E-state index in [2.05, 4.69) is 30.6 Å². The maximum atomic E-state index is 11.9. The average Bonchev–Trinajstić information content (AvgIpc) is 3.20. The molecule has 9 nitrogen and oxygen atoms in total. The fraction of sp³-hybridized carbons (Fsp3) is 0.368. The van der Waals surface area contributed by atoms with Crippen LogP contribution in [0, 0.1) is 11.8 Å². The molecule has 0 aliphatic rings. The standard InChI is InChI=1S/C19H23N7O2/c1-11(2)7-16(19(27)28)15(18-23-25-26-24-18)8-14-5-3-12(9-21-14)13-4-6-17(20)22-10-13/h3-6,9-11,15-16H,7-8H2,1-2H3,(H2,20,22)(H,27,28)(H,23,24,25,26)/t15-,16-/m0/s1. The van der Waals surface area contributed by atoms with E-state index in [1.54, 1.807) is 18.5 Å². The SMILES string of the molecule is CC(C)C[C@H](C(=O)O)[C@H](Cc1ccc(-c2ccc(N)nc2)cn1)c1nn[nH]n1. The Morgan fingerprint density at radius 2 is 1.86 bits per heavy atom. The van der Waals surface area contributed by atoms with Crippen molar-refractivity contribution in [2.75, 3.05) is 5.73 Å². The lowest BCUT2D eigenvalue weighted by Crippen LogP contribution is -2.26. The lowest BCUT2D eigenvalue weighted by molar-refractivity contribution is -0.143. The van der Waals surface area contributed by atoms with Crippen molar-refractivity contribution in [2.24, 2.45) is 11.8 Å². The largest absolute Gasteiger partial charge is 0.481 e. The molecule has 3 rings (SSSR count). The molecule has 146 valence electrons. The first kappa shape index (κ1) is 19.4. The molecule has 3 aromatic rings. The van der Waals surface area contributed by atoms with Crippen LogP contribution in [0.3, 0.4) is 0 Å². The first-order valence-corrected chi connectivity index (χ1v) is 9.07. The quantitative estimate of drug-likeness (QED) is 0.539. The first-order chi connectivity index (χ1) is 13.4. The van der Waals surface area contributed by atoms with Crippen molar-refractivity contribution in [3.8, 4) is 11.1 Å². The van der Waals surface area contributed by atoms with Crippen LogP contribution in [-0.4, -0.2) is 41.7 Å². The molecule has 3 heterocycles. The number of aromatic nitrogens is 6. The summed E-state index contributed by atoms with van der Waals surface area (Å²) in [5, 5.41) is 23.9. The summed E-state index contributed by atoms with van der Waals surface area (Å²) in [6.45, 7) is 3.99. The highest BCUT2D eigenvalue weighted by Gasteiger charge is 2.33. The number of hydrogen-bond acceptors (Lipinski definition) is 7. The minimum atomic E-state index is -0.868. The predicted octanol–water partition coefficient (Wildman–Crippen LogP) is 2.31. The molecular formula is C19H23N7O2. The molecule has 0 aliphatic heterocycles. The molecule has 4 N–H and O–H groups in total. The molecule has 0 bridgehead atoms. The van der Waals surface area contributed by atoms with Gasteiger partial charge in [0.2, 0.25) is 0 Å². The van der Waals surface area contributed by atoms with Crippen LogP contribution in [0.2, 0.25) is 0 Å².